The molecule has 0 bridgehead atoms. The first-order chi connectivity index (χ1) is 15.8. The Labute approximate surface area is 201 Å². The fourth-order valence-corrected chi connectivity index (χ4v) is 4.04. The van der Waals surface area contributed by atoms with Crippen LogP contribution in [0.25, 0.3) is 0 Å². The third-order valence-corrected chi connectivity index (χ3v) is 6.04. The van der Waals surface area contributed by atoms with Gasteiger partial charge in [0.05, 0.1) is 6.04 Å². The summed E-state index contributed by atoms with van der Waals surface area (Å²) in [4.78, 5) is 37.6. The molecule has 0 radical (unpaired) electrons. The van der Waals surface area contributed by atoms with Gasteiger partial charge in [0.1, 0.15) is 16.2 Å². The molecule has 1 aliphatic heterocycles. The number of rotatable bonds is 8. The Hall–Kier alpha value is -2.54. The highest BCUT2D eigenvalue weighted by atomic mass is 79.9. The van der Waals surface area contributed by atoms with E-state index in [9.17, 15) is 27.2 Å². The summed E-state index contributed by atoms with van der Waals surface area (Å²) >= 11 is 3.11. The average molecular weight is 553 g/mol. The van der Waals surface area contributed by atoms with Gasteiger partial charge in [-0.2, -0.15) is 13.2 Å². The van der Waals surface area contributed by atoms with Crippen LogP contribution in [0, 0.1) is 17.2 Å². The molecule has 1 saturated carbocycles. The predicted molar refractivity (Wildman–Crippen MR) is 118 cm³/mol. The smallest absolute Gasteiger partial charge is 0.475 e. The van der Waals surface area contributed by atoms with Crippen LogP contribution in [0.2, 0.25) is 0 Å². The minimum atomic E-state index is -5.08. The lowest BCUT2D eigenvalue weighted by molar-refractivity contribution is -0.192. The molecule has 13 heteroatoms. The Morgan fingerprint density at radius 3 is 2.59 bits per heavy atom. The second-order valence-corrected chi connectivity index (χ2v) is 9.13. The van der Waals surface area contributed by atoms with Gasteiger partial charge in [-0.25, -0.2) is 14.2 Å². The van der Waals surface area contributed by atoms with Crippen LogP contribution in [-0.2, 0) is 14.4 Å². The van der Waals surface area contributed by atoms with Crippen molar-refractivity contribution < 1.29 is 37.1 Å². The maximum atomic E-state index is 13.4. The zero-order valence-corrected chi connectivity index (χ0v) is 19.8. The van der Waals surface area contributed by atoms with E-state index in [2.05, 4.69) is 43.4 Å². The van der Waals surface area contributed by atoms with Crippen LogP contribution in [-0.4, -0.2) is 52.7 Å². The normalized spacial score (nSPS) is 23.6. The first-order valence-corrected chi connectivity index (χ1v) is 11.2. The molecule has 2 heterocycles. The molecule has 4 N–H and O–H groups in total. The number of fused-ring (bicyclic) bond motifs is 1. The van der Waals surface area contributed by atoms with E-state index < -0.39 is 18.0 Å². The van der Waals surface area contributed by atoms with Crippen molar-refractivity contribution in [3.63, 3.8) is 0 Å². The molecule has 2 aliphatic rings. The van der Waals surface area contributed by atoms with Crippen molar-refractivity contribution in [2.24, 2.45) is 11.3 Å². The molecule has 2 fully saturated rings. The monoisotopic (exact) mass is 552 g/mol. The van der Waals surface area contributed by atoms with E-state index in [4.69, 9.17) is 9.90 Å². The van der Waals surface area contributed by atoms with Crippen LogP contribution >= 0.6 is 15.9 Å². The second-order valence-electron chi connectivity index (χ2n) is 8.31. The van der Waals surface area contributed by atoms with Gasteiger partial charge in [0.2, 0.25) is 11.8 Å². The number of carboxylic acid groups (broad SMARTS) is 1. The fraction of sp³-hybridized carbons (Fsp3) is 0.524. The average Bonchev–Trinajstić information content (AvgIpc) is 3.28. The van der Waals surface area contributed by atoms with Gasteiger partial charge < -0.3 is 21.1 Å². The van der Waals surface area contributed by atoms with E-state index in [-0.39, 0.29) is 41.0 Å². The maximum Gasteiger partial charge on any atom is 0.490 e. The summed E-state index contributed by atoms with van der Waals surface area (Å²) in [6.45, 7) is 6.15. The van der Waals surface area contributed by atoms with E-state index >= 15 is 0 Å². The molecule has 3 rings (SSSR count). The number of alkyl halides is 3. The lowest BCUT2D eigenvalue weighted by atomic mass is 9.98. The van der Waals surface area contributed by atoms with Crippen LogP contribution in [0.15, 0.2) is 29.4 Å². The number of piperidine rings is 1. The van der Waals surface area contributed by atoms with Gasteiger partial charge in [0, 0.05) is 36.1 Å². The van der Waals surface area contributed by atoms with Crippen LogP contribution in [0.3, 0.4) is 0 Å². The minimum Gasteiger partial charge on any atom is -0.475 e. The SMILES string of the molecule is C=CCC[C@@H](C)C(=O)NC[C@@]12C[C@@H](C(=O)Nc3cc(F)cc(Br)n3)N[C@@H]1C2.O=C(O)C(F)(F)F. The van der Waals surface area contributed by atoms with E-state index in [1.807, 2.05) is 13.0 Å². The van der Waals surface area contributed by atoms with Gasteiger partial charge in [0.15, 0.2) is 0 Å². The number of carboxylic acids is 1. The van der Waals surface area contributed by atoms with Crippen molar-refractivity contribution in [1.29, 1.82) is 0 Å². The number of hydrogen-bond acceptors (Lipinski definition) is 5. The summed E-state index contributed by atoms with van der Waals surface area (Å²) in [5, 5.41) is 16.1. The lowest BCUT2D eigenvalue weighted by Gasteiger charge is -2.18. The van der Waals surface area contributed by atoms with Gasteiger partial charge in [-0.1, -0.05) is 13.0 Å². The van der Waals surface area contributed by atoms with Gasteiger partial charge in [0.25, 0.3) is 0 Å². The molecule has 1 saturated heterocycles. The Balaban J connectivity index is 0.000000509. The zero-order chi connectivity index (χ0) is 25.7. The molecule has 1 aliphatic carbocycles. The molecule has 2 amide bonds. The standard InChI is InChI=1S/C19H24BrFN4O2.C2HF3O2/c1-3-4-5-11(2)17(26)22-10-19-8-13(23-14(19)9-19)18(27)25-16-7-12(21)6-15(20)24-16;3-2(4,5)1(6)7/h3,6-7,11,13-14,23H,1,4-5,8-10H2,2H3,(H,22,26)(H,24,25,27);(H,6,7)/t11-,13+,14-,19+;/m1./s1. The van der Waals surface area contributed by atoms with Crippen molar-refractivity contribution in [3.8, 4) is 0 Å². The number of nitrogens with zero attached hydrogens (tertiary/aromatic N) is 1. The maximum absolute atomic E-state index is 13.4. The highest BCUT2D eigenvalue weighted by Gasteiger charge is 2.61. The van der Waals surface area contributed by atoms with Crippen molar-refractivity contribution in [2.75, 3.05) is 11.9 Å². The molecule has 0 aromatic carbocycles. The summed E-state index contributed by atoms with van der Waals surface area (Å²) in [6.07, 6.45) is -0.0831. The molecule has 8 nitrogen and oxygen atoms in total. The number of carbonyl (C=O) groups is 3. The molecule has 0 spiro atoms. The van der Waals surface area contributed by atoms with Crippen LogP contribution in [0.4, 0.5) is 23.4 Å². The topological polar surface area (TPSA) is 120 Å². The third kappa shape index (κ3) is 7.76. The molecule has 34 heavy (non-hydrogen) atoms. The summed E-state index contributed by atoms with van der Waals surface area (Å²) in [6, 6.07) is 2.26. The van der Waals surface area contributed by atoms with Crippen molar-refractivity contribution in [3.05, 3.63) is 35.2 Å². The number of halogens is 5. The quantitative estimate of drug-likeness (QED) is 0.223. The van der Waals surface area contributed by atoms with Crippen molar-refractivity contribution in [1.82, 2.24) is 15.6 Å². The minimum absolute atomic E-state index is 0.0404. The number of aliphatic carboxylic acids is 1. The molecule has 4 atom stereocenters. The Morgan fingerprint density at radius 1 is 1.38 bits per heavy atom. The number of hydrogen-bond donors (Lipinski definition) is 4. The predicted octanol–water partition coefficient (Wildman–Crippen LogP) is 3.39. The molecular weight excluding hydrogens is 528 g/mol. The number of amides is 2. The summed E-state index contributed by atoms with van der Waals surface area (Å²) in [5.41, 5.74) is -0.0637. The summed E-state index contributed by atoms with van der Waals surface area (Å²) in [7, 11) is 0. The van der Waals surface area contributed by atoms with Crippen LogP contribution in [0.5, 0.6) is 0 Å². The highest BCUT2D eigenvalue weighted by molar-refractivity contribution is 9.10. The third-order valence-electron chi connectivity index (χ3n) is 5.64. The zero-order valence-electron chi connectivity index (χ0n) is 18.2. The second kappa shape index (κ2) is 11.3. The Bertz CT molecular complexity index is 926. The van der Waals surface area contributed by atoms with E-state index in [0.717, 1.165) is 19.3 Å². The first-order valence-electron chi connectivity index (χ1n) is 10.4. The van der Waals surface area contributed by atoms with Gasteiger partial charge in [-0.15, -0.1) is 6.58 Å². The van der Waals surface area contributed by atoms with Crippen molar-refractivity contribution in [2.45, 2.75) is 50.9 Å². The van der Waals surface area contributed by atoms with E-state index in [1.54, 1.807) is 0 Å². The summed E-state index contributed by atoms with van der Waals surface area (Å²) in [5.74, 6) is -3.31. The number of nitrogens with one attached hydrogen (secondary N) is 3. The number of carbonyl (C=O) groups excluding carboxylic acids is 2. The van der Waals surface area contributed by atoms with Crippen LogP contribution < -0.4 is 16.0 Å². The number of allylic oxidation sites excluding steroid dienone is 1. The molecule has 1 aromatic heterocycles. The molecular formula is C21H25BrF4N4O4. The first kappa shape index (κ1) is 27.7. The summed E-state index contributed by atoms with van der Waals surface area (Å²) < 4.78 is 45.5. The Morgan fingerprint density at radius 2 is 2.03 bits per heavy atom. The number of anilines is 1. The van der Waals surface area contributed by atoms with Gasteiger partial charge >= 0.3 is 12.1 Å². The molecule has 0 unspecified atom stereocenters. The molecule has 1 aromatic rings. The van der Waals surface area contributed by atoms with Gasteiger partial charge in [-0.3, -0.25) is 9.59 Å². The highest BCUT2D eigenvalue weighted by Crippen LogP contribution is 2.54. The van der Waals surface area contributed by atoms with Gasteiger partial charge in [-0.05, 0) is 41.6 Å². The van der Waals surface area contributed by atoms with Crippen molar-refractivity contribution >= 4 is 39.5 Å². The largest absolute Gasteiger partial charge is 0.490 e. The van der Waals surface area contributed by atoms with E-state index in [1.165, 1.54) is 12.1 Å². The fourth-order valence-electron chi connectivity index (χ4n) is 3.63. The lowest BCUT2D eigenvalue weighted by Crippen LogP contribution is -2.38. The Kier molecular flexibility index (Phi) is 9.17. The number of pyridine rings is 1. The molecule has 188 valence electrons. The number of aromatic nitrogens is 1. The van der Waals surface area contributed by atoms with E-state index in [0.29, 0.717) is 17.6 Å². The van der Waals surface area contributed by atoms with Crippen LogP contribution in [0.1, 0.15) is 32.6 Å².